The third-order valence-corrected chi connectivity index (χ3v) is 7.16. The zero-order valence-electron chi connectivity index (χ0n) is 19.0. The number of nitriles is 1. The first kappa shape index (κ1) is 21.7. The molecule has 31 heavy (non-hydrogen) atoms. The minimum atomic E-state index is 0.155. The summed E-state index contributed by atoms with van der Waals surface area (Å²) in [6.45, 7) is 8.82. The second kappa shape index (κ2) is 8.89. The highest BCUT2D eigenvalue weighted by atomic mass is 32.2. The van der Waals surface area contributed by atoms with Crippen LogP contribution in [0.3, 0.4) is 0 Å². The van der Waals surface area contributed by atoms with Crippen LogP contribution in [0.15, 0.2) is 53.6 Å². The van der Waals surface area contributed by atoms with E-state index in [4.69, 9.17) is 4.98 Å². The van der Waals surface area contributed by atoms with Crippen LogP contribution >= 0.6 is 11.8 Å². The predicted molar refractivity (Wildman–Crippen MR) is 130 cm³/mol. The highest BCUT2D eigenvalue weighted by Gasteiger charge is 2.23. The molecule has 0 saturated heterocycles. The van der Waals surface area contributed by atoms with Gasteiger partial charge in [-0.25, -0.2) is 4.98 Å². The number of fused-ring (bicyclic) bond motifs is 1. The van der Waals surface area contributed by atoms with Gasteiger partial charge in [0.2, 0.25) is 0 Å². The van der Waals surface area contributed by atoms with Crippen LogP contribution < -0.4 is 0 Å². The molecule has 0 atom stereocenters. The van der Waals surface area contributed by atoms with Crippen molar-refractivity contribution in [2.75, 3.05) is 0 Å². The van der Waals surface area contributed by atoms with Gasteiger partial charge in [0, 0.05) is 11.3 Å². The molecule has 0 saturated carbocycles. The van der Waals surface area contributed by atoms with E-state index < -0.39 is 0 Å². The molecule has 0 unspecified atom stereocenters. The van der Waals surface area contributed by atoms with Gasteiger partial charge in [-0.3, -0.25) is 0 Å². The number of hydrogen-bond acceptors (Lipinski definition) is 3. The molecule has 2 nitrogen and oxygen atoms in total. The third kappa shape index (κ3) is 4.70. The van der Waals surface area contributed by atoms with Gasteiger partial charge in [0.25, 0.3) is 0 Å². The Balaban J connectivity index is 1.69. The predicted octanol–water partition coefficient (Wildman–Crippen LogP) is 7.40. The largest absolute Gasteiger partial charge is 0.240 e. The Bertz CT molecular complexity index is 1110. The monoisotopic (exact) mass is 426 g/mol. The first-order valence-corrected chi connectivity index (χ1v) is 12.1. The summed E-state index contributed by atoms with van der Waals surface area (Å²) in [6.07, 6.45) is 4.31. The van der Waals surface area contributed by atoms with E-state index in [9.17, 15) is 5.26 Å². The summed E-state index contributed by atoms with van der Waals surface area (Å²) in [4.78, 5) is 5.07. The Kier molecular flexibility index (Phi) is 6.21. The number of nitrogens with zero attached hydrogens (tertiary/aromatic N) is 2. The number of hydrogen-bond donors (Lipinski definition) is 0. The van der Waals surface area contributed by atoms with E-state index in [0.717, 1.165) is 46.9 Å². The van der Waals surface area contributed by atoms with E-state index in [2.05, 4.69) is 82.3 Å². The van der Waals surface area contributed by atoms with Crippen LogP contribution in [-0.2, 0) is 24.0 Å². The van der Waals surface area contributed by atoms with Crippen molar-refractivity contribution in [1.29, 1.82) is 5.26 Å². The Labute approximate surface area is 190 Å². The molecule has 0 bridgehead atoms. The fourth-order valence-corrected chi connectivity index (χ4v) is 5.18. The van der Waals surface area contributed by atoms with Gasteiger partial charge >= 0.3 is 0 Å². The summed E-state index contributed by atoms with van der Waals surface area (Å²) < 4.78 is 0. The minimum absolute atomic E-state index is 0.155. The molecular weight excluding hydrogens is 396 g/mol. The molecule has 2 aromatic carbocycles. The van der Waals surface area contributed by atoms with Gasteiger partial charge in [0.05, 0.1) is 11.3 Å². The lowest BCUT2D eigenvalue weighted by Crippen LogP contribution is -2.11. The second-order valence-corrected chi connectivity index (χ2v) is 10.5. The highest BCUT2D eigenvalue weighted by molar-refractivity contribution is 7.98. The van der Waals surface area contributed by atoms with E-state index in [0.29, 0.717) is 0 Å². The summed E-state index contributed by atoms with van der Waals surface area (Å²) in [7, 11) is 0. The number of benzene rings is 2. The number of thioether (sulfide) groups is 1. The van der Waals surface area contributed by atoms with Crippen LogP contribution in [0.4, 0.5) is 0 Å². The number of rotatable bonds is 4. The van der Waals surface area contributed by atoms with Crippen LogP contribution in [0.5, 0.6) is 0 Å². The average molecular weight is 427 g/mol. The van der Waals surface area contributed by atoms with Gasteiger partial charge in [-0.2, -0.15) is 5.26 Å². The molecule has 4 rings (SSSR count). The average Bonchev–Trinajstić information content (AvgIpc) is 2.77. The SMILES string of the molecule is Cc1ccc(-c2nc(SCc3ccc(C(C)(C)C)cc3)c(C#N)c3c2CCCC3)cc1. The Morgan fingerprint density at radius 1 is 0.935 bits per heavy atom. The van der Waals surface area contributed by atoms with Crippen LogP contribution in [0, 0.1) is 18.3 Å². The minimum Gasteiger partial charge on any atom is -0.240 e. The molecular formula is C28H30N2S. The first-order valence-electron chi connectivity index (χ1n) is 11.1. The molecule has 0 spiro atoms. The van der Waals surface area contributed by atoms with Gasteiger partial charge in [-0.1, -0.05) is 74.9 Å². The van der Waals surface area contributed by atoms with E-state index in [1.165, 1.54) is 34.2 Å². The molecule has 0 radical (unpaired) electrons. The van der Waals surface area contributed by atoms with Crippen molar-refractivity contribution in [2.45, 2.75) is 69.6 Å². The van der Waals surface area contributed by atoms with Gasteiger partial charge in [0.15, 0.2) is 0 Å². The molecule has 0 N–H and O–H groups in total. The summed E-state index contributed by atoms with van der Waals surface area (Å²) in [5, 5.41) is 10.9. The van der Waals surface area contributed by atoms with Crippen molar-refractivity contribution in [1.82, 2.24) is 4.98 Å². The standard InChI is InChI=1S/C28H30N2S/c1-19-9-13-21(14-10-19)26-24-8-6-5-7-23(24)25(17-29)27(30-26)31-18-20-11-15-22(16-12-20)28(2,3)4/h9-16H,5-8,18H2,1-4H3. The molecule has 0 aliphatic heterocycles. The Hall–Kier alpha value is -2.57. The van der Waals surface area contributed by atoms with Crippen molar-refractivity contribution in [2.24, 2.45) is 0 Å². The zero-order valence-corrected chi connectivity index (χ0v) is 19.8. The topological polar surface area (TPSA) is 36.7 Å². The van der Waals surface area contributed by atoms with Crippen LogP contribution in [0.2, 0.25) is 0 Å². The smallest absolute Gasteiger partial charge is 0.115 e. The Morgan fingerprint density at radius 3 is 2.19 bits per heavy atom. The van der Waals surface area contributed by atoms with Crippen LogP contribution in [0.1, 0.15) is 67.0 Å². The normalized spacial score (nSPS) is 13.5. The molecule has 158 valence electrons. The van der Waals surface area contributed by atoms with E-state index in [1.54, 1.807) is 11.8 Å². The first-order chi connectivity index (χ1) is 14.9. The maximum atomic E-state index is 9.99. The van der Waals surface area contributed by atoms with E-state index in [-0.39, 0.29) is 5.41 Å². The van der Waals surface area contributed by atoms with Crippen LogP contribution in [-0.4, -0.2) is 4.98 Å². The van der Waals surface area contributed by atoms with Crippen molar-refractivity contribution in [3.05, 3.63) is 81.9 Å². The van der Waals surface area contributed by atoms with Crippen molar-refractivity contribution in [3.8, 4) is 17.3 Å². The lowest BCUT2D eigenvalue weighted by molar-refractivity contribution is 0.590. The fraction of sp³-hybridized carbons (Fsp3) is 0.357. The maximum Gasteiger partial charge on any atom is 0.115 e. The molecule has 3 aromatic rings. The summed E-state index contributed by atoms with van der Waals surface area (Å²) in [6, 6.07) is 20.0. The van der Waals surface area contributed by atoms with Gasteiger partial charge in [-0.15, -0.1) is 11.8 Å². The summed E-state index contributed by atoms with van der Waals surface area (Å²) >= 11 is 1.69. The molecule has 3 heteroatoms. The fourth-order valence-electron chi connectivity index (χ4n) is 4.22. The van der Waals surface area contributed by atoms with Gasteiger partial charge in [-0.05, 0) is 60.3 Å². The lowest BCUT2D eigenvalue weighted by atomic mass is 9.86. The number of aromatic nitrogens is 1. The van der Waals surface area contributed by atoms with E-state index in [1.807, 2.05) is 0 Å². The van der Waals surface area contributed by atoms with Gasteiger partial charge < -0.3 is 0 Å². The molecule has 1 aliphatic carbocycles. The third-order valence-electron chi connectivity index (χ3n) is 6.11. The second-order valence-electron chi connectivity index (χ2n) is 9.52. The molecule has 0 amide bonds. The molecule has 1 aliphatic rings. The molecule has 1 aromatic heterocycles. The molecule has 1 heterocycles. The number of aryl methyl sites for hydroxylation is 1. The quantitative estimate of drug-likeness (QED) is 0.408. The Morgan fingerprint density at radius 2 is 1.58 bits per heavy atom. The summed E-state index contributed by atoms with van der Waals surface area (Å²) in [5.74, 6) is 0.818. The lowest BCUT2D eigenvalue weighted by Gasteiger charge is -2.22. The van der Waals surface area contributed by atoms with Crippen molar-refractivity contribution in [3.63, 3.8) is 0 Å². The van der Waals surface area contributed by atoms with Crippen LogP contribution in [0.25, 0.3) is 11.3 Å². The van der Waals surface area contributed by atoms with Crippen molar-refractivity contribution < 1.29 is 0 Å². The number of pyridine rings is 1. The highest BCUT2D eigenvalue weighted by Crippen LogP contribution is 2.37. The van der Waals surface area contributed by atoms with Crippen molar-refractivity contribution >= 4 is 11.8 Å². The molecule has 0 fully saturated rings. The van der Waals surface area contributed by atoms with Gasteiger partial charge in [0.1, 0.15) is 11.1 Å². The van der Waals surface area contributed by atoms with E-state index >= 15 is 0 Å². The summed E-state index contributed by atoms with van der Waals surface area (Å²) in [5.41, 5.74) is 9.54. The maximum absolute atomic E-state index is 9.99. The zero-order chi connectivity index (χ0) is 22.0.